The summed E-state index contributed by atoms with van der Waals surface area (Å²) in [5, 5.41) is 3.45. The van der Waals surface area contributed by atoms with E-state index in [0.717, 1.165) is 44.6 Å². The molecule has 1 saturated heterocycles. The van der Waals surface area contributed by atoms with Gasteiger partial charge in [0.05, 0.1) is 0 Å². The van der Waals surface area contributed by atoms with Crippen molar-refractivity contribution in [3.8, 4) is 0 Å². The maximum Gasteiger partial charge on any atom is 0.0468 e. The minimum absolute atomic E-state index is 0.756. The van der Waals surface area contributed by atoms with E-state index in [-0.39, 0.29) is 0 Å². The highest BCUT2D eigenvalue weighted by atomic mass is 16.5. The third-order valence-corrected chi connectivity index (χ3v) is 3.02. The van der Waals surface area contributed by atoms with Crippen LogP contribution in [0, 0.1) is 11.8 Å². The molecule has 0 unspecified atom stereocenters. The van der Waals surface area contributed by atoms with Crippen LogP contribution < -0.4 is 5.32 Å². The Morgan fingerprint density at radius 2 is 2.00 bits per heavy atom. The van der Waals surface area contributed by atoms with Crippen molar-refractivity contribution < 1.29 is 4.74 Å². The second-order valence-corrected chi connectivity index (χ2v) is 5.15. The standard InChI is InChI=1S/C14H27NO/c1-13(2)12-15-9-5-3-4-6-14-7-10-16-11-8-14/h3-4,13-15H,5-12H2,1-2H3/b4-3+. The Kier molecular flexibility index (Phi) is 7.52. The molecule has 0 atom stereocenters. The van der Waals surface area contributed by atoms with Gasteiger partial charge in [0, 0.05) is 13.2 Å². The van der Waals surface area contributed by atoms with Crippen LogP contribution in [0.1, 0.15) is 39.5 Å². The fourth-order valence-corrected chi connectivity index (χ4v) is 1.96. The highest BCUT2D eigenvalue weighted by Gasteiger charge is 2.11. The van der Waals surface area contributed by atoms with Crippen molar-refractivity contribution in [2.75, 3.05) is 26.3 Å². The topological polar surface area (TPSA) is 21.3 Å². The van der Waals surface area contributed by atoms with Crippen LogP contribution >= 0.6 is 0 Å². The van der Waals surface area contributed by atoms with Crippen LogP contribution in [0.3, 0.4) is 0 Å². The second-order valence-electron chi connectivity index (χ2n) is 5.15. The zero-order valence-electron chi connectivity index (χ0n) is 10.9. The van der Waals surface area contributed by atoms with E-state index in [1.807, 2.05) is 0 Å². The zero-order valence-corrected chi connectivity index (χ0v) is 10.9. The normalized spacial score (nSPS) is 18.7. The zero-order chi connectivity index (χ0) is 11.6. The first-order chi connectivity index (χ1) is 7.79. The number of allylic oxidation sites excluding steroid dienone is 1. The minimum Gasteiger partial charge on any atom is -0.381 e. The van der Waals surface area contributed by atoms with Crippen LogP contribution in [-0.4, -0.2) is 26.3 Å². The summed E-state index contributed by atoms with van der Waals surface area (Å²) in [6.07, 6.45) is 9.57. The third kappa shape index (κ3) is 7.02. The lowest BCUT2D eigenvalue weighted by molar-refractivity contribution is 0.0672. The highest BCUT2D eigenvalue weighted by molar-refractivity contribution is 4.85. The molecule has 0 aliphatic carbocycles. The van der Waals surface area contributed by atoms with E-state index in [0.29, 0.717) is 0 Å². The summed E-state index contributed by atoms with van der Waals surface area (Å²) in [7, 11) is 0. The van der Waals surface area contributed by atoms with Crippen molar-refractivity contribution in [3.05, 3.63) is 12.2 Å². The summed E-state index contributed by atoms with van der Waals surface area (Å²) in [5.74, 6) is 1.62. The van der Waals surface area contributed by atoms with Crippen molar-refractivity contribution >= 4 is 0 Å². The van der Waals surface area contributed by atoms with E-state index >= 15 is 0 Å². The molecule has 2 heteroatoms. The quantitative estimate of drug-likeness (QED) is 0.531. The second kappa shape index (κ2) is 8.77. The van der Waals surface area contributed by atoms with Crippen LogP contribution in [0.2, 0.25) is 0 Å². The third-order valence-electron chi connectivity index (χ3n) is 3.02. The van der Waals surface area contributed by atoms with Crippen molar-refractivity contribution in [2.24, 2.45) is 11.8 Å². The molecule has 1 heterocycles. The monoisotopic (exact) mass is 225 g/mol. The van der Waals surface area contributed by atoms with Gasteiger partial charge < -0.3 is 10.1 Å². The lowest BCUT2D eigenvalue weighted by Gasteiger charge is -2.20. The smallest absolute Gasteiger partial charge is 0.0468 e. The molecule has 0 spiro atoms. The van der Waals surface area contributed by atoms with Gasteiger partial charge in [0.2, 0.25) is 0 Å². The van der Waals surface area contributed by atoms with Gasteiger partial charge in [0.15, 0.2) is 0 Å². The molecule has 0 radical (unpaired) electrons. The number of rotatable bonds is 7. The van der Waals surface area contributed by atoms with Crippen LogP contribution in [-0.2, 0) is 4.74 Å². The molecule has 1 rings (SSSR count). The summed E-state index contributed by atoms with van der Waals surface area (Å²) < 4.78 is 5.35. The van der Waals surface area contributed by atoms with Gasteiger partial charge in [-0.3, -0.25) is 0 Å². The molecule has 94 valence electrons. The van der Waals surface area contributed by atoms with Crippen LogP contribution in [0.4, 0.5) is 0 Å². The molecular weight excluding hydrogens is 198 g/mol. The minimum atomic E-state index is 0.756. The lowest BCUT2D eigenvalue weighted by atomic mass is 9.96. The summed E-state index contributed by atoms with van der Waals surface area (Å²) >= 11 is 0. The largest absolute Gasteiger partial charge is 0.381 e. The van der Waals surface area contributed by atoms with Gasteiger partial charge in [-0.1, -0.05) is 26.0 Å². The Morgan fingerprint density at radius 3 is 2.69 bits per heavy atom. The summed E-state index contributed by atoms with van der Waals surface area (Å²) in [6.45, 7) is 8.67. The Labute approximate surface area is 100 Å². The van der Waals surface area contributed by atoms with Crippen LogP contribution in [0.5, 0.6) is 0 Å². The summed E-state index contributed by atoms with van der Waals surface area (Å²) in [5.41, 5.74) is 0. The van der Waals surface area contributed by atoms with E-state index in [2.05, 4.69) is 31.3 Å². The number of nitrogens with one attached hydrogen (secondary N) is 1. The van der Waals surface area contributed by atoms with Gasteiger partial charge in [-0.15, -0.1) is 0 Å². The molecule has 0 saturated carbocycles. The van der Waals surface area contributed by atoms with Crippen LogP contribution in [0.15, 0.2) is 12.2 Å². The van der Waals surface area contributed by atoms with Crippen LogP contribution in [0.25, 0.3) is 0 Å². The Bertz CT molecular complexity index is 183. The van der Waals surface area contributed by atoms with E-state index in [1.54, 1.807) is 0 Å². The maximum absolute atomic E-state index is 5.35. The van der Waals surface area contributed by atoms with E-state index in [1.165, 1.54) is 19.3 Å². The summed E-state index contributed by atoms with van der Waals surface area (Å²) in [6, 6.07) is 0. The molecule has 0 aromatic heterocycles. The molecule has 1 fully saturated rings. The molecule has 0 aromatic carbocycles. The average molecular weight is 225 g/mol. The molecule has 1 N–H and O–H groups in total. The molecular formula is C14H27NO. The Morgan fingerprint density at radius 1 is 1.25 bits per heavy atom. The van der Waals surface area contributed by atoms with Gasteiger partial charge in [-0.05, 0) is 50.6 Å². The van der Waals surface area contributed by atoms with Crippen molar-refractivity contribution in [1.82, 2.24) is 5.32 Å². The molecule has 1 aliphatic rings. The predicted octanol–water partition coefficient (Wildman–Crippen LogP) is 3.00. The van der Waals surface area contributed by atoms with Gasteiger partial charge in [0.1, 0.15) is 0 Å². The van der Waals surface area contributed by atoms with Crippen molar-refractivity contribution in [2.45, 2.75) is 39.5 Å². The predicted molar refractivity (Wildman–Crippen MR) is 69.6 cm³/mol. The molecule has 0 aromatic rings. The first-order valence-corrected chi connectivity index (χ1v) is 6.72. The lowest BCUT2D eigenvalue weighted by Crippen LogP contribution is -2.20. The number of ether oxygens (including phenoxy) is 1. The maximum atomic E-state index is 5.35. The number of hydrogen-bond donors (Lipinski definition) is 1. The van der Waals surface area contributed by atoms with E-state index < -0.39 is 0 Å². The fourth-order valence-electron chi connectivity index (χ4n) is 1.96. The Hall–Kier alpha value is -0.340. The molecule has 16 heavy (non-hydrogen) atoms. The molecule has 2 nitrogen and oxygen atoms in total. The average Bonchev–Trinajstić information content (AvgIpc) is 2.29. The van der Waals surface area contributed by atoms with Gasteiger partial charge in [-0.25, -0.2) is 0 Å². The molecule has 0 bridgehead atoms. The first kappa shape index (κ1) is 13.7. The summed E-state index contributed by atoms with van der Waals surface area (Å²) in [4.78, 5) is 0. The van der Waals surface area contributed by atoms with Gasteiger partial charge in [0.25, 0.3) is 0 Å². The SMILES string of the molecule is CC(C)CNCC/C=C/CC1CCOCC1. The molecule has 0 amide bonds. The van der Waals surface area contributed by atoms with Gasteiger partial charge in [-0.2, -0.15) is 0 Å². The highest BCUT2D eigenvalue weighted by Crippen LogP contribution is 2.18. The first-order valence-electron chi connectivity index (χ1n) is 6.72. The Balaban J connectivity index is 1.91. The van der Waals surface area contributed by atoms with E-state index in [9.17, 15) is 0 Å². The van der Waals surface area contributed by atoms with Crippen molar-refractivity contribution in [1.29, 1.82) is 0 Å². The van der Waals surface area contributed by atoms with Gasteiger partial charge >= 0.3 is 0 Å². The number of hydrogen-bond acceptors (Lipinski definition) is 2. The van der Waals surface area contributed by atoms with E-state index in [4.69, 9.17) is 4.74 Å². The fraction of sp³-hybridized carbons (Fsp3) is 0.857. The van der Waals surface area contributed by atoms with Crippen molar-refractivity contribution in [3.63, 3.8) is 0 Å². The molecule has 1 aliphatic heterocycles.